The third-order valence-corrected chi connectivity index (χ3v) is 4.14. The fourth-order valence-corrected chi connectivity index (χ4v) is 2.96. The number of thiocarbonyl (C=S) groups is 1. The summed E-state index contributed by atoms with van der Waals surface area (Å²) >= 11 is 5.51. The van der Waals surface area contributed by atoms with Gasteiger partial charge in [-0.05, 0) is 54.9 Å². The zero-order valence-corrected chi connectivity index (χ0v) is 15.6. The average Bonchev–Trinajstić information content (AvgIpc) is 2.66. The molecule has 0 aliphatic rings. The Hall–Kier alpha value is -2.85. The highest BCUT2D eigenvalue weighted by Crippen LogP contribution is 2.24. The first-order valence-corrected chi connectivity index (χ1v) is 9.08. The summed E-state index contributed by atoms with van der Waals surface area (Å²) in [5, 5.41) is 7.08. The molecule has 26 heavy (non-hydrogen) atoms. The molecule has 0 aliphatic heterocycles. The zero-order valence-electron chi connectivity index (χ0n) is 14.7. The Morgan fingerprint density at radius 1 is 0.808 bits per heavy atom. The van der Waals surface area contributed by atoms with E-state index in [4.69, 9.17) is 17.0 Å². The highest BCUT2D eigenvalue weighted by atomic mass is 32.1. The zero-order chi connectivity index (χ0) is 18.2. The van der Waals surface area contributed by atoms with Crippen molar-refractivity contribution in [1.29, 1.82) is 0 Å². The van der Waals surface area contributed by atoms with Crippen molar-refractivity contribution < 1.29 is 4.74 Å². The van der Waals surface area contributed by atoms with Crippen LogP contribution in [0.1, 0.15) is 18.1 Å². The van der Waals surface area contributed by atoms with E-state index in [2.05, 4.69) is 41.0 Å². The minimum absolute atomic E-state index is 0.540. The third kappa shape index (κ3) is 4.83. The molecule has 0 saturated heterocycles. The number of hydrogen-bond acceptors (Lipinski definition) is 2. The van der Waals surface area contributed by atoms with Gasteiger partial charge in [-0.2, -0.15) is 0 Å². The number of rotatable bonds is 6. The molecule has 0 heterocycles. The number of ether oxygens (including phenoxy) is 1. The summed E-state index contributed by atoms with van der Waals surface area (Å²) in [4.78, 5) is 0. The molecule has 0 aromatic heterocycles. The van der Waals surface area contributed by atoms with Gasteiger partial charge in [0, 0.05) is 5.69 Å². The van der Waals surface area contributed by atoms with Crippen molar-refractivity contribution in [3.63, 3.8) is 0 Å². The second-order valence-electron chi connectivity index (χ2n) is 5.83. The fourth-order valence-electron chi connectivity index (χ4n) is 2.74. The minimum Gasteiger partial charge on any atom is -0.492 e. The van der Waals surface area contributed by atoms with Gasteiger partial charge in [0.05, 0.1) is 12.3 Å². The number of anilines is 2. The number of hydrogen-bond donors (Lipinski definition) is 2. The molecule has 3 aromatic rings. The first-order chi connectivity index (χ1) is 12.8. The van der Waals surface area contributed by atoms with Gasteiger partial charge in [0.2, 0.25) is 0 Å². The second kappa shape index (κ2) is 9.02. The normalized spacial score (nSPS) is 10.2. The van der Waals surface area contributed by atoms with Crippen molar-refractivity contribution >= 4 is 28.7 Å². The van der Waals surface area contributed by atoms with Crippen LogP contribution < -0.4 is 15.4 Å². The summed E-state index contributed by atoms with van der Waals surface area (Å²) in [6.07, 6.45) is 0.849. The van der Waals surface area contributed by atoms with Gasteiger partial charge in [-0.25, -0.2) is 0 Å². The SMILES string of the molecule is CCOc1ccccc1NC(=S)Nc1ccccc1Cc1ccccc1. The summed E-state index contributed by atoms with van der Waals surface area (Å²) in [5.74, 6) is 0.789. The van der Waals surface area contributed by atoms with Crippen LogP contribution in [-0.2, 0) is 6.42 Å². The van der Waals surface area contributed by atoms with E-state index < -0.39 is 0 Å². The average molecular weight is 362 g/mol. The summed E-state index contributed by atoms with van der Waals surface area (Å²) in [6, 6.07) is 26.4. The molecule has 0 unspecified atom stereocenters. The van der Waals surface area contributed by atoms with Crippen molar-refractivity contribution in [3.05, 3.63) is 90.0 Å². The van der Waals surface area contributed by atoms with Crippen molar-refractivity contribution in [3.8, 4) is 5.75 Å². The molecule has 0 amide bonds. The molecule has 0 radical (unpaired) electrons. The highest BCUT2D eigenvalue weighted by Gasteiger charge is 2.07. The molecule has 3 aromatic carbocycles. The number of benzene rings is 3. The van der Waals surface area contributed by atoms with Gasteiger partial charge in [0.25, 0.3) is 0 Å². The Kier molecular flexibility index (Phi) is 6.23. The predicted molar refractivity (Wildman–Crippen MR) is 113 cm³/mol. The molecular weight excluding hydrogens is 340 g/mol. The molecule has 0 bridgehead atoms. The van der Waals surface area contributed by atoms with Crippen LogP contribution in [0.2, 0.25) is 0 Å². The van der Waals surface area contributed by atoms with Crippen molar-refractivity contribution in [2.75, 3.05) is 17.2 Å². The quantitative estimate of drug-likeness (QED) is 0.569. The lowest BCUT2D eigenvalue weighted by Crippen LogP contribution is -2.20. The van der Waals surface area contributed by atoms with Gasteiger partial charge in [-0.3, -0.25) is 0 Å². The van der Waals surface area contributed by atoms with E-state index in [9.17, 15) is 0 Å². The summed E-state index contributed by atoms with van der Waals surface area (Å²) in [5.41, 5.74) is 4.32. The smallest absolute Gasteiger partial charge is 0.175 e. The topological polar surface area (TPSA) is 33.3 Å². The lowest BCUT2D eigenvalue weighted by molar-refractivity contribution is 0.342. The Labute approximate surface area is 160 Å². The third-order valence-electron chi connectivity index (χ3n) is 3.94. The monoisotopic (exact) mass is 362 g/mol. The van der Waals surface area contributed by atoms with Gasteiger partial charge in [0.15, 0.2) is 5.11 Å². The second-order valence-corrected chi connectivity index (χ2v) is 6.24. The molecule has 0 aliphatic carbocycles. The van der Waals surface area contributed by atoms with Gasteiger partial charge < -0.3 is 15.4 Å². The van der Waals surface area contributed by atoms with Crippen molar-refractivity contribution in [1.82, 2.24) is 0 Å². The fraction of sp³-hybridized carbons (Fsp3) is 0.136. The van der Waals surface area contributed by atoms with Crippen LogP contribution in [0.3, 0.4) is 0 Å². The van der Waals surface area contributed by atoms with E-state index in [-0.39, 0.29) is 0 Å². The van der Waals surface area contributed by atoms with E-state index in [0.717, 1.165) is 23.5 Å². The first-order valence-electron chi connectivity index (χ1n) is 8.68. The van der Waals surface area contributed by atoms with Crippen LogP contribution in [0, 0.1) is 0 Å². The number of nitrogens with one attached hydrogen (secondary N) is 2. The molecule has 132 valence electrons. The van der Waals surface area contributed by atoms with Gasteiger partial charge in [-0.1, -0.05) is 60.7 Å². The lowest BCUT2D eigenvalue weighted by atomic mass is 10.0. The Bertz CT molecular complexity index is 865. The maximum Gasteiger partial charge on any atom is 0.175 e. The Morgan fingerprint density at radius 2 is 1.42 bits per heavy atom. The molecule has 3 nitrogen and oxygen atoms in total. The maximum absolute atomic E-state index is 5.64. The van der Waals surface area contributed by atoms with Crippen LogP contribution in [0.5, 0.6) is 5.75 Å². The Balaban J connectivity index is 1.72. The van der Waals surface area contributed by atoms with Crippen molar-refractivity contribution in [2.45, 2.75) is 13.3 Å². The van der Waals surface area contributed by atoms with E-state index >= 15 is 0 Å². The van der Waals surface area contributed by atoms with E-state index in [1.54, 1.807) is 0 Å². The molecule has 0 atom stereocenters. The summed E-state index contributed by atoms with van der Waals surface area (Å²) in [7, 11) is 0. The number of para-hydroxylation sites is 3. The van der Waals surface area contributed by atoms with Crippen LogP contribution >= 0.6 is 12.2 Å². The first kappa shape index (κ1) is 18.0. The molecule has 0 saturated carbocycles. The molecule has 2 N–H and O–H groups in total. The minimum atomic E-state index is 0.540. The maximum atomic E-state index is 5.64. The van der Waals surface area contributed by atoms with Gasteiger partial charge in [0.1, 0.15) is 5.75 Å². The highest BCUT2D eigenvalue weighted by molar-refractivity contribution is 7.80. The molecule has 0 spiro atoms. The molecule has 4 heteroatoms. The van der Waals surface area contributed by atoms with Crippen LogP contribution in [0.4, 0.5) is 11.4 Å². The summed E-state index contributed by atoms with van der Waals surface area (Å²) in [6.45, 7) is 2.58. The van der Waals surface area contributed by atoms with E-state index in [0.29, 0.717) is 11.7 Å². The van der Waals surface area contributed by atoms with E-state index in [1.807, 2.05) is 55.5 Å². The van der Waals surface area contributed by atoms with Gasteiger partial charge >= 0.3 is 0 Å². The van der Waals surface area contributed by atoms with Crippen LogP contribution in [-0.4, -0.2) is 11.7 Å². The summed E-state index contributed by atoms with van der Waals surface area (Å²) < 4.78 is 5.64. The largest absolute Gasteiger partial charge is 0.492 e. The lowest BCUT2D eigenvalue weighted by Gasteiger charge is -2.16. The molecule has 0 fully saturated rings. The van der Waals surface area contributed by atoms with E-state index in [1.165, 1.54) is 11.1 Å². The van der Waals surface area contributed by atoms with Crippen LogP contribution in [0.25, 0.3) is 0 Å². The molecule has 3 rings (SSSR count). The van der Waals surface area contributed by atoms with Crippen molar-refractivity contribution in [2.24, 2.45) is 0 Å². The predicted octanol–water partition coefficient (Wildman–Crippen LogP) is 5.49. The Morgan fingerprint density at radius 3 is 2.19 bits per heavy atom. The van der Waals surface area contributed by atoms with Crippen LogP contribution in [0.15, 0.2) is 78.9 Å². The van der Waals surface area contributed by atoms with Gasteiger partial charge in [-0.15, -0.1) is 0 Å². The molecular formula is C22H22N2OS. The standard InChI is InChI=1S/C22H22N2OS/c1-2-25-21-15-9-8-14-20(21)24-22(26)23-19-13-7-6-12-18(19)16-17-10-4-3-5-11-17/h3-15H,2,16H2,1H3,(H2,23,24,26).